The second-order valence-electron chi connectivity index (χ2n) is 4.96. The van der Waals surface area contributed by atoms with Crippen LogP contribution < -0.4 is 0 Å². The molecular weight excluding hydrogens is 219 g/mol. The summed E-state index contributed by atoms with van der Waals surface area (Å²) >= 11 is 0. The molecule has 0 aliphatic carbocycles. The highest BCUT2D eigenvalue weighted by Gasteiger charge is 2.30. The van der Waals surface area contributed by atoms with Gasteiger partial charge in [0.25, 0.3) is 0 Å². The fourth-order valence-electron chi connectivity index (χ4n) is 2.64. The maximum atomic E-state index is 13.2. The molecule has 0 amide bonds. The number of aliphatic hydroxyl groups excluding tert-OH is 1. The van der Waals surface area contributed by atoms with E-state index in [9.17, 15) is 9.50 Å². The monoisotopic (exact) mass is 238 g/mol. The van der Waals surface area contributed by atoms with Crippen molar-refractivity contribution < 1.29 is 14.2 Å². The maximum Gasteiger partial charge on any atom is 0.123 e. The smallest absolute Gasteiger partial charge is 0.123 e. The molecule has 1 N–H and O–H groups in total. The van der Waals surface area contributed by atoms with E-state index in [1.54, 1.807) is 0 Å². The number of benzene rings is 1. The highest BCUT2D eigenvalue weighted by Crippen LogP contribution is 2.33. The molecule has 1 heterocycles. The molecule has 1 aliphatic rings. The minimum Gasteiger partial charge on any atom is -0.386 e. The van der Waals surface area contributed by atoms with Gasteiger partial charge in [-0.25, -0.2) is 4.39 Å². The molecule has 1 saturated heterocycles. The van der Waals surface area contributed by atoms with E-state index in [1.807, 2.05) is 20.8 Å². The van der Waals surface area contributed by atoms with Gasteiger partial charge in [0.1, 0.15) is 11.9 Å². The largest absolute Gasteiger partial charge is 0.386 e. The molecule has 1 aromatic rings. The molecule has 0 radical (unpaired) electrons. The molecule has 0 aromatic heterocycles. The average Bonchev–Trinajstić information content (AvgIpc) is 2.63. The van der Waals surface area contributed by atoms with E-state index in [-0.39, 0.29) is 18.0 Å². The van der Waals surface area contributed by atoms with E-state index in [4.69, 9.17) is 4.74 Å². The topological polar surface area (TPSA) is 29.5 Å². The number of ether oxygens (including phenoxy) is 1. The van der Waals surface area contributed by atoms with Crippen molar-refractivity contribution >= 4 is 0 Å². The van der Waals surface area contributed by atoms with E-state index < -0.39 is 6.10 Å². The molecule has 17 heavy (non-hydrogen) atoms. The molecule has 2 rings (SSSR count). The van der Waals surface area contributed by atoms with Gasteiger partial charge >= 0.3 is 0 Å². The summed E-state index contributed by atoms with van der Waals surface area (Å²) in [5.74, 6) is -0.253. The molecule has 1 aliphatic heterocycles. The van der Waals surface area contributed by atoms with Crippen molar-refractivity contribution in [1.82, 2.24) is 0 Å². The standard InChI is InChI=1S/C14H19FO2/c1-8-6-11(15)7-9(2)13(8)14(16)12-5-4-10(3)17-12/h6-7,10,12,14,16H,4-5H2,1-3H3. The van der Waals surface area contributed by atoms with Crippen LogP contribution >= 0.6 is 0 Å². The van der Waals surface area contributed by atoms with Crippen molar-refractivity contribution in [3.8, 4) is 0 Å². The van der Waals surface area contributed by atoms with E-state index in [1.165, 1.54) is 12.1 Å². The van der Waals surface area contributed by atoms with Crippen molar-refractivity contribution in [1.29, 1.82) is 0 Å². The lowest BCUT2D eigenvalue weighted by Crippen LogP contribution is -2.20. The van der Waals surface area contributed by atoms with Crippen LogP contribution in [0, 0.1) is 19.7 Å². The third-order valence-corrected chi connectivity index (χ3v) is 3.47. The van der Waals surface area contributed by atoms with Gasteiger partial charge in [0.2, 0.25) is 0 Å². The van der Waals surface area contributed by atoms with E-state index in [2.05, 4.69) is 0 Å². The van der Waals surface area contributed by atoms with Crippen LogP contribution in [-0.4, -0.2) is 17.3 Å². The first-order valence-corrected chi connectivity index (χ1v) is 6.09. The van der Waals surface area contributed by atoms with Crippen molar-refractivity contribution in [2.24, 2.45) is 0 Å². The average molecular weight is 238 g/mol. The lowest BCUT2D eigenvalue weighted by Gasteiger charge is -2.22. The summed E-state index contributed by atoms with van der Waals surface area (Å²) < 4.78 is 18.9. The molecule has 1 aromatic carbocycles. The molecule has 2 nitrogen and oxygen atoms in total. The van der Waals surface area contributed by atoms with Crippen LogP contribution in [0.1, 0.15) is 42.6 Å². The number of aryl methyl sites for hydroxylation is 2. The van der Waals surface area contributed by atoms with Crippen LogP contribution in [0.4, 0.5) is 4.39 Å². The van der Waals surface area contributed by atoms with Crippen LogP contribution in [-0.2, 0) is 4.74 Å². The quantitative estimate of drug-likeness (QED) is 0.858. The van der Waals surface area contributed by atoms with Gasteiger partial charge in [-0.1, -0.05) is 0 Å². The second kappa shape index (κ2) is 4.75. The predicted octanol–water partition coefficient (Wildman–Crippen LogP) is 3.04. The Labute approximate surface area is 101 Å². The normalized spacial score (nSPS) is 26.2. The van der Waals surface area contributed by atoms with Crippen molar-refractivity contribution in [3.05, 3.63) is 34.6 Å². The van der Waals surface area contributed by atoms with Crippen molar-refractivity contribution in [3.63, 3.8) is 0 Å². The Bertz CT molecular complexity index is 394. The summed E-state index contributed by atoms with van der Waals surface area (Å²) in [5, 5.41) is 10.3. The zero-order valence-electron chi connectivity index (χ0n) is 10.5. The van der Waals surface area contributed by atoms with E-state index in [0.717, 1.165) is 29.5 Å². The Morgan fingerprint density at radius 2 is 1.88 bits per heavy atom. The minimum atomic E-state index is -0.652. The molecular formula is C14H19FO2. The van der Waals surface area contributed by atoms with Crippen LogP contribution in [0.15, 0.2) is 12.1 Å². The molecule has 0 bridgehead atoms. The first-order chi connectivity index (χ1) is 7.99. The second-order valence-corrected chi connectivity index (χ2v) is 4.96. The molecule has 3 atom stereocenters. The zero-order chi connectivity index (χ0) is 12.6. The van der Waals surface area contributed by atoms with Crippen molar-refractivity contribution in [2.75, 3.05) is 0 Å². The van der Waals surface area contributed by atoms with E-state index >= 15 is 0 Å². The Kier molecular flexibility index (Phi) is 3.50. The molecule has 0 spiro atoms. The molecule has 1 fully saturated rings. The number of hydrogen-bond donors (Lipinski definition) is 1. The van der Waals surface area contributed by atoms with Crippen molar-refractivity contribution in [2.45, 2.75) is 51.9 Å². The van der Waals surface area contributed by atoms with Gasteiger partial charge in [0, 0.05) is 0 Å². The molecule has 94 valence electrons. The summed E-state index contributed by atoms with van der Waals surface area (Å²) in [6, 6.07) is 2.92. The first kappa shape index (κ1) is 12.5. The Morgan fingerprint density at radius 1 is 1.29 bits per heavy atom. The van der Waals surface area contributed by atoms with Gasteiger partial charge in [0.05, 0.1) is 12.2 Å². The highest BCUT2D eigenvalue weighted by atomic mass is 19.1. The van der Waals surface area contributed by atoms with Gasteiger partial charge in [-0.15, -0.1) is 0 Å². The molecule has 0 saturated carbocycles. The lowest BCUT2D eigenvalue weighted by molar-refractivity contribution is -0.0302. The first-order valence-electron chi connectivity index (χ1n) is 6.09. The molecule has 3 heteroatoms. The summed E-state index contributed by atoms with van der Waals surface area (Å²) in [4.78, 5) is 0. The predicted molar refractivity (Wildman–Crippen MR) is 64.4 cm³/mol. The Morgan fingerprint density at radius 3 is 2.35 bits per heavy atom. The number of halogens is 1. The van der Waals surface area contributed by atoms with E-state index in [0.29, 0.717) is 0 Å². The number of hydrogen-bond acceptors (Lipinski definition) is 2. The fraction of sp³-hybridized carbons (Fsp3) is 0.571. The maximum absolute atomic E-state index is 13.2. The summed E-state index contributed by atoms with van der Waals surface area (Å²) in [7, 11) is 0. The number of aliphatic hydroxyl groups is 1. The number of rotatable bonds is 2. The SMILES string of the molecule is Cc1cc(F)cc(C)c1C(O)C1CCC(C)O1. The van der Waals surface area contributed by atoms with Gasteiger partial charge < -0.3 is 9.84 Å². The Balaban J connectivity index is 2.27. The molecule has 3 unspecified atom stereocenters. The van der Waals surface area contributed by atoms with Gasteiger partial charge in [0.15, 0.2) is 0 Å². The van der Waals surface area contributed by atoms with Gasteiger partial charge in [-0.2, -0.15) is 0 Å². The third kappa shape index (κ3) is 2.50. The lowest BCUT2D eigenvalue weighted by atomic mass is 9.93. The summed E-state index contributed by atoms with van der Waals surface area (Å²) in [6.45, 7) is 5.66. The Hall–Kier alpha value is -0.930. The van der Waals surface area contributed by atoms with Gasteiger partial charge in [-0.05, 0) is 62.4 Å². The summed E-state index contributed by atoms with van der Waals surface area (Å²) in [5.41, 5.74) is 2.39. The van der Waals surface area contributed by atoms with Crippen LogP contribution in [0.3, 0.4) is 0 Å². The third-order valence-electron chi connectivity index (χ3n) is 3.47. The zero-order valence-corrected chi connectivity index (χ0v) is 10.5. The fourth-order valence-corrected chi connectivity index (χ4v) is 2.64. The van der Waals surface area contributed by atoms with Crippen LogP contribution in [0.2, 0.25) is 0 Å². The summed E-state index contributed by atoms with van der Waals surface area (Å²) in [6.07, 6.45) is 1.23. The van der Waals surface area contributed by atoms with Crippen LogP contribution in [0.25, 0.3) is 0 Å². The minimum absolute atomic E-state index is 0.159. The van der Waals surface area contributed by atoms with Gasteiger partial charge in [-0.3, -0.25) is 0 Å². The van der Waals surface area contributed by atoms with Crippen LogP contribution in [0.5, 0.6) is 0 Å². The highest BCUT2D eigenvalue weighted by molar-refractivity contribution is 5.36.